The second kappa shape index (κ2) is 6.35. The Morgan fingerprint density at radius 2 is 2.00 bits per heavy atom. The lowest BCUT2D eigenvalue weighted by atomic mass is 9.96. The highest BCUT2D eigenvalue weighted by molar-refractivity contribution is 7.91. The molecule has 1 saturated carbocycles. The highest BCUT2D eigenvalue weighted by Crippen LogP contribution is 2.29. The van der Waals surface area contributed by atoms with Crippen molar-refractivity contribution < 1.29 is 13.5 Å². The summed E-state index contributed by atoms with van der Waals surface area (Å²) in [4.78, 5) is 0.915. The van der Waals surface area contributed by atoms with Gasteiger partial charge in [0.15, 0.2) is 0 Å². The number of thiophene rings is 1. The van der Waals surface area contributed by atoms with Crippen LogP contribution >= 0.6 is 11.3 Å². The Labute approximate surface area is 119 Å². The average Bonchev–Trinajstić information content (AvgIpc) is 2.89. The van der Waals surface area contributed by atoms with Gasteiger partial charge in [0, 0.05) is 31.0 Å². The molecule has 0 bridgehead atoms. The van der Waals surface area contributed by atoms with Gasteiger partial charge in [0.2, 0.25) is 0 Å². The van der Waals surface area contributed by atoms with Crippen molar-refractivity contribution >= 4 is 21.4 Å². The molecule has 1 N–H and O–H groups in total. The topological polar surface area (TPSA) is 57.6 Å². The zero-order chi connectivity index (χ0) is 13.9. The van der Waals surface area contributed by atoms with Crippen LogP contribution in [0.15, 0.2) is 16.3 Å². The van der Waals surface area contributed by atoms with E-state index in [4.69, 9.17) is 5.11 Å². The third kappa shape index (κ3) is 3.37. The van der Waals surface area contributed by atoms with Crippen molar-refractivity contribution in [1.29, 1.82) is 0 Å². The maximum Gasteiger partial charge on any atom is 0.252 e. The molecule has 0 spiro atoms. The van der Waals surface area contributed by atoms with Gasteiger partial charge in [0.1, 0.15) is 4.21 Å². The molecular weight excluding hydrogens is 282 g/mol. The summed E-state index contributed by atoms with van der Waals surface area (Å²) in [5, 5.41) is 8.89. The first-order chi connectivity index (χ1) is 9.05. The lowest BCUT2D eigenvalue weighted by Gasteiger charge is -2.29. The Bertz CT molecular complexity index is 504. The normalized spacial score (nSPS) is 18.1. The van der Waals surface area contributed by atoms with E-state index in [-0.39, 0.29) is 12.6 Å². The van der Waals surface area contributed by atoms with Gasteiger partial charge in [-0.1, -0.05) is 19.3 Å². The molecule has 0 aromatic carbocycles. The van der Waals surface area contributed by atoms with Crippen LogP contribution in [-0.2, 0) is 16.4 Å². The van der Waals surface area contributed by atoms with Gasteiger partial charge in [-0.2, -0.15) is 4.31 Å². The number of nitrogens with zero attached hydrogens (tertiary/aromatic N) is 1. The molecule has 0 aliphatic heterocycles. The van der Waals surface area contributed by atoms with Crippen molar-refractivity contribution in [3.05, 3.63) is 17.0 Å². The van der Waals surface area contributed by atoms with Crippen LogP contribution in [0.3, 0.4) is 0 Å². The number of aliphatic hydroxyl groups excluding tert-OH is 1. The first-order valence-corrected chi connectivity index (χ1v) is 8.99. The first-order valence-electron chi connectivity index (χ1n) is 6.73. The van der Waals surface area contributed by atoms with E-state index in [2.05, 4.69) is 0 Å². The highest BCUT2D eigenvalue weighted by atomic mass is 32.2. The Balaban J connectivity index is 2.15. The van der Waals surface area contributed by atoms with Crippen LogP contribution in [0.4, 0.5) is 0 Å². The third-order valence-electron chi connectivity index (χ3n) is 3.72. The van der Waals surface area contributed by atoms with Crippen LogP contribution in [0, 0.1) is 0 Å². The third-order valence-corrected chi connectivity index (χ3v) is 7.24. The second-order valence-corrected chi connectivity index (χ2v) is 8.40. The standard InChI is InChI=1S/C13H21NO3S2/c1-14(11-5-3-2-4-6-11)19(16,17)13-8-7-12(18-13)9-10-15/h7-8,11,15H,2-6,9-10H2,1H3. The molecule has 6 heteroatoms. The van der Waals surface area contributed by atoms with Gasteiger partial charge in [0.25, 0.3) is 10.0 Å². The Morgan fingerprint density at radius 3 is 2.63 bits per heavy atom. The van der Waals surface area contributed by atoms with Crippen molar-refractivity contribution in [3.8, 4) is 0 Å². The summed E-state index contributed by atoms with van der Waals surface area (Å²) >= 11 is 1.27. The van der Waals surface area contributed by atoms with E-state index in [0.29, 0.717) is 10.6 Å². The molecule has 2 rings (SSSR count). The fraction of sp³-hybridized carbons (Fsp3) is 0.692. The number of sulfonamides is 1. The minimum absolute atomic E-state index is 0.0540. The molecule has 108 valence electrons. The molecular formula is C13H21NO3S2. The lowest BCUT2D eigenvalue weighted by molar-refractivity contribution is 0.286. The predicted molar refractivity (Wildman–Crippen MR) is 76.9 cm³/mol. The van der Waals surface area contributed by atoms with Crippen LogP contribution < -0.4 is 0 Å². The molecule has 19 heavy (non-hydrogen) atoms. The zero-order valence-electron chi connectivity index (χ0n) is 11.2. The minimum Gasteiger partial charge on any atom is -0.396 e. The van der Waals surface area contributed by atoms with Gasteiger partial charge in [-0.05, 0) is 25.0 Å². The molecule has 0 amide bonds. The predicted octanol–water partition coefficient (Wildman–Crippen LogP) is 2.24. The molecule has 1 aliphatic carbocycles. The van der Waals surface area contributed by atoms with Crippen molar-refractivity contribution in [1.82, 2.24) is 4.31 Å². The summed E-state index contributed by atoms with van der Waals surface area (Å²) < 4.78 is 27.0. The van der Waals surface area contributed by atoms with Gasteiger partial charge < -0.3 is 5.11 Å². The van der Waals surface area contributed by atoms with E-state index in [1.807, 2.05) is 0 Å². The largest absolute Gasteiger partial charge is 0.396 e. The summed E-state index contributed by atoms with van der Waals surface area (Å²) in [7, 11) is -1.67. The van der Waals surface area contributed by atoms with Gasteiger partial charge in [-0.15, -0.1) is 11.3 Å². The zero-order valence-corrected chi connectivity index (χ0v) is 12.8. The van der Waals surface area contributed by atoms with Crippen LogP contribution in [0.1, 0.15) is 37.0 Å². The first kappa shape index (κ1) is 15.0. The molecule has 0 radical (unpaired) electrons. The maximum absolute atomic E-state index is 12.5. The van der Waals surface area contributed by atoms with Crippen molar-refractivity contribution in [3.63, 3.8) is 0 Å². The SMILES string of the molecule is CN(C1CCCCC1)S(=O)(=O)c1ccc(CCO)s1. The molecule has 1 aromatic rings. The molecule has 1 fully saturated rings. The van der Waals surface area contributed by atoms with E-state index in [1.54, 1.807) is 23.5 Å². The molecule has 0 unspecified atom stereocenters. The molecule has 1 aromatic heterocycles. The lowest BCUT2D eigenvalue weighted by Crippen LogP contribution is -2.37. The van der Waals surface area contributed by atoms with Crippen LogP contribution in [0.5, 0.6) is 0 Å². The minimum atomic E-state index is -3.37. The average molecular weight is 303 g/mol. The van der Waals surface area contributed by atoms with E-state index < -0.39 is 10.0 Å². The van der Waals surface area contributed by atoms with E-state index in [1.165, 1.54) is 17.8 Å². The van der Waals surface area contributed by atoms with E-state index in [0.717, 1.165) is 30.6 Å². The van der Waals surface area contributed by atoms with Crippen LogP contribution in [0.2, 0.25) is 0 Å². The van der Waals surface area contributed by atoms with Gasteiger partial charge in [0.05, 0.1) is 0 Å². The Kier molecular flexibility index (Phi) is 5.00. The Hall–Kier alpha value is -0.430. The number of hydrogen-bond acceptors (Lipinski definition) is 4. The van der Waals surface area contributed by atoms with Crippen LogP contribution in [0.25, 0.3) is 0 Å². The molecule has 1 aliphatic rings. The van der Waals surface area contributed by atoms with Crippen LogP contribution in [-0.4, -0.2) is 37.5 Å². The number of rotatable bonds is 5. The van der Waals surface area contributed by atoms with Crippen molar-refractivity contribution in [2.24, 2.45) is 0 Å². The quantitative estimate of drug-likeness (QED) is 0.907. The highest BCUT2D eigenvalue weighted by Gasteiger charge is 2.29. The monoisotopic (exact) mass is 303 g/mol. The summed E-state index contributed by atoms with van der Waals surface area (Å²) in [6.07, 6.45) is 5.89. The summed E-state index contributed by atoms with van der Waals surface area (Å²) in [6.45, 7) is 0.0540. The molecule has 0 saturated heterocycles. The second-order valence-electron chi connectivity index (χ2n) is 5.01. The fourth-order valence-electron chi connectivity index (χ4n) is 2.52. The summed E-state index contributed by atoms with van der Waals surface area (Å²) in [6, 6.07) is 3.59. The molecule has 4 nitrogen and oxygen atoms in total. The Morgan fingerprint density at radius 1 is 1.32 bits per heavy atom. The summed E-state index contributed by atoms with van der Waals surface area (Å²) in [5.74, 6) is 0. The van der Waals surface area contributed by atoms with E-state index >= 15 is 0 Å². The molecule has 0 atom stereocenters. The van der Waals surface area contributed by atoms with Gasteiger partial charge >= 0.3 is 0 Å². The fourth-order valence-corrected chi connectivity index (χ4v) is 5.47. The maximum atomic E-state index is 12.5. The number of hydrogen-bond donors (Lipinski definition) is 1. The smallest absolute Gasteiger partial charge is 0.252 e. The molecule has 1 heterocycles. The van der Waals surface area contributed by atoms with E-state index in [9.17, 15) is 8.42 Å². The van der Waals surface area contributed by atoms with Crippen molar-refractivity contribution in [2.75, 3.05) is 13.7 Å². The van der Waals surface area contributed by atoms with Gasteiger partial charge in [-0.3, -0.25) is 0 Å². The van der Waals surface area contributed by atoms with Crippen molar-refractivity contribution in [2.45, 2.75) is 48.8 Å². The van der Waals surface area contributed by atoms with Gasteiger partial charge in [-0.25, -0.2) is 8.42 Å². The number of aliphatic hydroxyl groups is 1. The summed E-state index contributed by atoms with van der Waals surface area (Å²) in [5.41, 5.74) is 0.